The molecule has 0 radical (unpaired) electrons. The highest BCUT2D eigenvalue weighted by atomic mass is 32.2. The molecule has 4 N–H and O–H groups in total. The largest absolute Gasteiger partial charge is 0.493 e. The molecule has 0 saturated heterocycles. The van der Waals surface area contributed by atoms with Crippen molar-refractivity contribution in [3.63, 3.8) is 0 Å². The van der Waals surface area contributed by atoms with Gasteiger partial charge in [0.2, 0.25) is 0 Å². The third kappa shape index (κ3) is 3.11. The zero-order valence-corrected chi connectivity index (χ0v) is 11.0. The summed E-state index contributed by atoms with van der Waals surface area (Å²) in [6.07, 6.45) is 0. The third-order valence-corrected chi connectivity index (χ3v) is 3.44. The Kier molecular flexibility index (Phi) is 3.99. The highest BCUT2D eigenvalue weighted by molar-refractivity contribution is 7.99. The lowest BCUT2D eigenvalue weighted by Crippen LogP contribution is -1.95. The molecule has 0 aliphatic heterocycles. The van der Waals surface area contributed by atoms with Crippen molar-refractivity contribution in [2.45, 2.75) is 16.7 Å². The summed E-state index contributed by atoms with van der Waals surface area (Å²) in [6, 6.07) is 13.5. The Labute approximate surface area is 111 Å². The third-order valence-electron chi connectivity index (χ3n) is 2.38. The predicted molar refractivity (Wildman–Crippen MR) is 77.0 cm³/mol. The van der Waals surface area contributed by atoms with Gasteiger partial charge in [0.15, 0.2) is 0 Å². The fourth-order valence-electron chi connectivity index (χ4n) is 1.54. The first kappa shape index (κ1) is 12.6. The van der Waals surface area contributed by atoms with Gasteiger partial charge in [-0.2, -0.15) is 0 Å². The van der Waals surface area contributed by atoms with Crippen LogP contribution in [-0.4, -0.2) is 6.61 Å². The van der Waals surface area contributed by atoms with E-state index in [4.69, 9.17) is 16.2 Å². The number of nitrogen functional groups attached to an aromatic ring is 2. The standard InChI is InChI=1S/C14H16N2OS/c1-2-17-13-9-11(16)5-8-14(13)18-12-6-3-10(15)4-7-12/h3-9H,2,15-16H2,1H3. The van der Waals surface area contributed by atoms with Gasteiger partial charge in [-0.15, -0.1) is 0 Å². The minimum Gasteiger partial charge on any atom is -0.493 e. The molecule has 0 spiro atoms. The van der Waals surface area contributed by atoms with Gasteiger partial charge >= 0.3 is 0 Å². The Morgan fingerprint density at radius 1 is 1.00 bits per heavy atom. The second-order valence-electron chi connectivity index (χ2n) is 3.81. The zero-order valence-electron chi connectivity index (χ0n) is 10.2. The molecule has 4 heteroatoms. The predicted octanol–water partition coefficient (Wildman–Crippen LogP) is 3.40. The van der Waals surface area contributed by atoms with E-state index in [9.17, 15) is 0 Å². The summed E-state index contributed by atoms with van der Waals surface area (Å²) in [6.45, 7) is 2.58. The smallest absolute Gasteiger partial charge is 0.135 e. The summed E-state index contributed by atoms with van der Waals surface area (Å²) < 4.78 is 5.59. The van der Waals surface area contributed by atoms with Crippen molar-refractivity contribution >= 4 is 23.1 Å². The lowest BCUT2D eigenvalue weighted by Gasteiger charge is -2.10. The molecule has 0 unspecified atom stereocenters. The highest BCUT2D eigenvalue weighted by Gasteiger charge is 2.06. The van der Waals surface area contributed by atoms with Gasteiger partial charge in [-0.05, 0) is 43.3 Å². The van der Waals surface area contributed by atoms with Crippen LogP contribution in [0.15, 0.2) is 52.3 Å². The molecule has 0 fully saturated rings. The van der Waals surface area contributed by atoms with Gasteiger partial charge < -0.3 is 16.2 Å². The van der Waals surface area contributed by atoms with E-state index in [1.54, 1.807) is 11.8 Å². The average Bonchev–Trinajstić information content (AvgIpc) is 2.36. The molecule has 0 atom stereocenters. The fourth-order valence-corrected chi connectivity index (χ4v) is 2.42. The second kappa shape index (κ2) is 5.69. The quantitative estimate of drug-likeness (QED) is 0.827. The van der Waals surface area contributed by atoms with Crippen molar-refractivity contribution in [1.82, 2.24) is 0 Å². The topological polar surface area (TPSA) is 61.3 Å². The molecule has 0 saturated carbocycles. The Bertz CT molecular complexity index is 526. The Morgan fingerprint density at radius 3 is 2.33 bits per heavy atom. The van der Waals surface area contributed by atoms with Crippen LogP contribution in [0.25, 0.3) is 0 Å². The molecule has 0 aliphatic carbocycles. The number of rotatable bonds is 4. The van der Waals surface area contributed by atoms with Crippen molar-refractivity contribution < 1.29 is 4.74 Å². The minimum atomic E-state index is 0.624. The molecule has 2 aromatic carbocycles. The molecule has 0 aromatic heterocycles. The van der Waals surface area contributed by atoms with Crippen molar-refractivity contribution in [3.05, 3.63) is 42.5 Å². The van der Waals surface area contributed by atoms with Crippen molar-refractivity contribution in [2.75, 3.05) is 18.1 Å². The summed E-state index contributed by atoms with van der Waals surface area (Å²) in [5, 5.41) is 0. The first-order chi connectivity index (χ1) is 8.69. The molecule has 0 aliphatic rings. The lowest BCUT2D eigenvalue weighted by atomic mass is 10.3. The number of nitrogens with two attached hydrogens (primary N) is 2. The Balaban J connectivity index is 2.25. The van der Waals surface area contributed by atoms with E-state index in [2.05, 4.69) is 0 Å². The van der Waals surface area contributed by atoms with E-state index in [1.165, 1.54) is 0 Å². The van der Waals surface area contributed by atoms with Crippen LogP contribution in [0, 0.1) is 0 Å². The van der Waals surface area contributed by atoms with Crippen molar-refractivity contribution in [3.8, 4) is 5.75 Å². The van der Waals surface area contributed by atoms with E-state index in [0.717, 1.165) is 21.2 Å². The molecule has 0 bridgehead atoms. The SMILES string of the molecule is CCOc1cc(N)ccc1Sc1ccc(N)cc1. The monoisotopic (exact) mass is 260 g/mol. The van der Waals surface area contributed by atoms with E-state index >= 15 is 0 Å². The summed E-state index contributed by atoms with van der Waals surface area (Å²) in [5.74, 6) is 0.819. The summed E-state index contributed by atoms with van der Waals surface area (Å²) in [7, 11) is 0. The van der Waals surface area contributed by atoms with Crippen molar-refractivity contribution in [2.24, 2.45) is 0 Å². The summed E-state index contributed by atoms with van der Waals surface area (Å²) >= 11 is 1.64. The van der Waals surface area contributed by atoms with E-state index < -0.39 is 0 Å². The normalized spacial score (nSPS) is 10.3. The molecule has 18 heavy (non-hydrogen) atoms. The first-order valence-electron chi connectivity index (χ1n) is 5.74. The second-order valence-corrected chi connectivity index (χ2v) is 4.93. The Hall–Kier alpha value is -1.81. The molecule has 0 amide bonds. The van der Waals surface area contributed by atoms with Crippen molar-refractivity contribution in [1.29, 1.82) is 0 Å². The van der Waals surface area contributed by atoms with Gasteiger partial charge in [0.25, 0.3) is 0 Å². The molecular formula is C14H16N2OS. The van der Waals surface area contributed by atoms with E-state index in [-0.39, 0.29) is 0 Å². The van der Waals surface area contributed by atoms with Crippen LogP contribution in [0.5, 0.6) is 5.75 Å². The highest BCUT2D eigenvalue weighted by Crippen LogP contribution is 2.36. The number of hydrogen-bond acceptors (Lipinski definition) is 4. The van der Waals surface area contributed by atoms with E-state index in [0.29, 0.717) is 12.3 Å². The van der Waals surface area contributed by atoms with Gasteiger partial charge in [-0.1, -0.05) is 11.8 Å². The maximum absolute atomic E-state index is 5.77. The molecule has 94 valence electrons. The van der Waals surface area contributed by atoms with Crippen LogP contribution in [0.3, 0.4) is 0 Å². The van der Waals surface area contributed by atoms with Crippen LogP contribution < -0.4 is 16.2 Å². The van der Waals surface area contributed by atoms with Gasteiger partial charge in [0, 0.05) is 22.3 Å². The van der Waals surface area contributed by atoms with Crippen LogP contribution in [0.1, 0.15) is 6.92 Å². The summed E-state index contributed by atoms with van der Waals surface area (Å²) in [5.41, 5.74) is 12.9. The number of benzene rings is 2. The van der Waals surface area contributed by atoms with Gasteiger partial charge in [-0.25, -0.2) is 0 Å². The van der Waals surface area contributed by atoms with Crippen LogP contribution >= 0.6 is 11.8 Å². The Morgan fingerprint density at radius 2 is 1.67 bits per heavy atom. The van der Waals surface area contributed by atoms with E-state index in [1.807, 2.05) is 49.4 Å². The zero-order chi connectivity index (χ0) is 13.0. The molecular weight excluding hydrogens is 244 g/mol. The summed E-state index contributed by atoms with van der Waals surface area (Å²) in [4.78, 5) is 2.17. The maximum atomic E-state index is 5.77. The lowest BCUT2D eigenvalue weighted by molar-refractivity contribution is 0.332. The molecule has 3 nitrogen and oxygen atoms in total. The maximum Gasteiger partial charge on any atom is 0.135 e. The number of hydrogen-bond donors (Lipinski definition) is 2. The van der Waals surface area contributed by atoms with Gasteiger partial charge in [0.1, 0.15) is 5.75 Å². The first-order valence-corrected chi connectivity index (χ1v) is 6.56. The minimum absolute atomic E-state index is 0.624. The van der Waals surface area contributed by atoms with Gasteiger partial charge in [-0.3, -0.25) is 0 Å². The average molecular weight is 260 g/mol. The van der Waals surface area contributed by atoms with Crippen LogP contribution in [0.2, 0.25) is 0 Å². The molecule has 2 aromatic rings. The molecule has 2 rings (SSSR count). The van der Waals surface area contributed by atoms with Crippen LogP contribution in [0.4, 0.5) is 11.4 Å². The fraction of sp³-hybridized carbons (Fsp3) is 0.143. The molecule has 0 heterocycles. The van der Waals surface area contributed by atoms with Gasteiger partial charge in [0.05, 0.1) is 11.5 Å². The number of anilines is 2. The van der Waals surface area contributed by atoms with Crippen LogP contribution in [-0.2, 0) is 0 Å². The number of ether oxygens (including phenoxy) is 1.